The molecule has 2 fully saturated rings. The lowest BCUT2D eigenvalue weighted by Gasteiger charge is -2.47. The van der Waals surface area contributed by atoms with Gasteiger partial charge in [0, 0.05) is 12.6 Å². The molecule has 0 unspecified atom stereocenters. The van der Waals surface area contributed by atoms with Crippen LogP contribution in [0.1, 0.15) is 50.7 Å². The second-order valence-corrected chi connectivity index (χ2v) is 7.86. The fourth-order valence-corrected chi connectivity index (χ4v) is 4.83. The summed E-state index contributed by atoms with van der Waals surface area (Å²) in [6.07, 6.45) is 6.60. The molecule has 0 radical (unpaired) electrons. The summed E-state index contributed by atoms with van der Waals surface area (Å²) in [5.41, 5.74) is 3.12. The second-order valence-electron chi connectivity index (χ2n) is 7.86. The monoisotopic (exact) mass is 321 g/mol. The molecule has 0 aromatic heterocycles. The number of phenolic OH excluding ortho intramolecular Hbond substituents is 1. The number of halogens is 1. The smallest absolute Gasteiger partial charge is 0.115 e. The summed E-state index contributed by atoms with van der Waals surface area (Å²) in [5, 5.41) is 9.93. The molecule has 2 nitrogen and oxygen atoms in total. The van der Waals surface area contributed by atoms with Gasteiger partial charge in [-0.1, -0.05) is 19.9 Å². The number of aromatic hydroxyl groups is 1. The number of nitrogens with zero attached hydrogens (tertiary/aromatic N) is 1. The van der Waals surface area contributed by atoms with Gasteiger partial charge in [0.05, 0.1) is 0 Å². The van der Waals surface area contributed by atoms with Crippen LogP contribution in [0.15, 0.2) is 18.2 Å². The highest BCUT2D eigenvalue weighted by Crippen LogP contribution is 2.49. The molecule has 3 heteroatoms. The van der Waals surface area contributed by atoms with Gasteiger partial charge in [0.1, 0.15) is 5.75 Å². The van der Waals surface area contributed by atoms with Crippen LogP contribution in [-0.2, 0) is 11.8 Å². The van der Waals surface area contributed by atoms with Crippen molar-refractivity contribution in [1.29, 1.82) is 0 Å². The lowest BCUT2D eigenvalue weighted by Crippen LogP contribution is -2.50. The standard InChI is InChI=1S/C19H27NO.ClH/c1-13-18-10-15-6-7-16(21)11-17(15)19(13,2)8-3-9-20(18)12-14-4-5-14;/h6-7,11,13-14,18,21H,3-5,8-10,12H2,1-2H3;1H/t13-,18-,19-;/m1./s1. The van der Waals surface area contributed by atoms with E-state index in [1.165, 1.54) is 56.3 Å². The SMILES string of the molecule is C[C@@H]1[C@H]2Cc3ccc(O)cc3[C@]1(C)CCCN2CC1CC1.Cl. The van der Waals surface area contributed by atoms with E-state index in [1.807, 2.05) is 12.1 Å². The van der Waals surface area contributed by atoms with Crippen LogP contribution in [0.3, 0.4) is 0 Å². The molecule has 1 aromatic carbocycles. The molecule has 1 saturated carbocycles. The van der Waals surface area contributed by atoms with E-state index in [0.29, 0.717) is 17.7 Å². The van der Waals surface area contributed by atoms with Crippen LogP contribution in [-0.4, -0.2) is 29.1 Å². The van der Waals surface area contributed by atoms with Crippen LogP contribution in [0.25, 0.3) is 0 Å². The van der Waals surface area contributed by atoms with Crippen LogP contribution >= 0.6 is 12.4 Å². The van der Waals surface area contributed by atoms with Crippen LogP contribution in [0.4, 0.5) is 0 Å². The van der Waals surface area contributed by atoms with E-state index in [4.69, 9.17) is 0 Å². The summed E-state index contributed by atoms with van der Waals surface area (Å²) in [7, 11) is 0. The predicted molar refractivity (Wildman–Crippen MR) is 92.9 cm³/mol. The van der Waals surface area contributed by atoms with Gasteiger partial charge in [-0.2, -0.15) is 0 Å². The maximum absolute atomic E-state index is 9.93. The average Bonchev–Trinajstić information content (AvgIpc) is 3.26. The minimum Gasteiger partial charge on any atom is -0.508 e. The molecular weight excluding hydrogens is 294 g/mol. The largest absolute Gasteiger partial charge is 0.508 e. The van der Waals surface area contributed by atoms with E-state index in [0.717, 1.165) is 5.92 Å². The molecule has 1 heterocycles. The number of phenols is 1. The fourth-order valence-electron chi connectivity index (χ4n) is 4.83. The lowest BCUT2D eigenvalue weighted by atomic mass is 9.61. The molecule has 1 N–H and O–H groups in total. The fraction of sp³-hybridized carbons (Fsp3) is 0.684. The molecular formula is C19H28ClNO. The first-order valence-electron chi connectivity index (χ1n) is 8.64. The van der Waals surface area contributed by atoms with Crippen molar-refractivity contribution in [3.63, 3.8) is 0 Å². The Labute approximate surface area is 140 Å². The van der Waals surface area contributed by atoms with Crippen molar-refractivity contribution in [2.24, 2.45) is 11.8 Å². The molecule has 1 aromatic rings. The Hall–Kier alpha value is -0.730. The maximum atomic E-state index is 9.93. The van der Waals surface area contributed by atoms with E-state index < -0.39 is 0 Å². The molecule has 3 atom stereocenters. The Bertz CT molecular complexity index is 556. The van der Waals surface area contributed by atoms with Gasteiger partial charge in [0.15, 0.2) is 0 Å². The first kappa shape index (κ1) is 16.1. The third-order valence-corrected chi connectivity index (χ3v) is 6.52. The zero-order chi connectivity index (χ0) is 14.6. The molecule has 1 aliphatic heterocycles. The number of fused-ring (bicyclic) bond motifs is 4. The summed E-state index contributed by atoms with van der Waals surface area (Å²) in [6.45, 7) is 7.46. The van der Waals surface area contributed by atoms with Gasteiger partial charge in [0.25, 0.3) is 0 Å². The van der Waals surface area contributed by atoms with Crippen LogP contribution in [0.5, 0.6) is 5.75 Å². The number of benzene rings is 1. The molecule has 2 aliphatic carbocycles. The van der Waals surface area contributed by atoms with Crippen LogP contribution in [0.2, 0.25) is 0 Å². The molecule has 0 amide bonds. The van der Waals surface area contributed by atoms with Crippen molar-refractivity contribution in [2.75, 3.05) is 13.1 Å². The normalized spacial score (nSPS) is 34.5. The van der Waals surface area contributed by atoms with Gasteiger partial charge in [-0.3, -0.25) is 4.90 Å². The number of hydrogen-bond donors (Lipinski definition) is 1. The molecule has 4 rings (SSSR count). The van der Waals surface area contributed by atoms with Gasteiger partial charge in [-0.05, 0) is 79.2 Å². The molecule has 2 bridgehead atoms. The van der Waals surface area contributed by atoms with Gasteiger partial charge in [-0.25, -0.2) is 0 Å². The quantitative estimate of drug-likeness (QED) is 0.885. The summed E-state index contributed by atoms with van der Waals surface area (Å²) in [4.78, 5) is 2.80. The Morgan fingerprint density at radius 3 is 2.82 bits per heavy atom. The first-order valence-corrected chi connectivity index (χ1v) is 8.64. The highest BCUT2D eigenvalue weighted by Gasteiger charge is 2.47. The third-order valence-electron chi connectivity index (χ3n) is 6.52. The zero-order valence-corrected chi connectivity index (χ0v) is 14.5. The summed E-state index contributed by atoms with van der Waals surface area (Å²) in [6, 6.07) is 6.77. The number of rotatable bonds is 2. The Morgan fingerprint density at radius 1 is 1.32 bits per heavy atom. The minimum absolute atomic E-state index is 0. The molecule has 122 valence electrons. The van der Waals surface area contributed by atoms with Gasteiger partial charge >= 0.3 is 0 Å². The maximum Gasteiger partial charge on any atom is 0.115 e. The highest BCUT2D eigenvalue weighted by molar-refractivity contribution is 5.85. The van der Waals surface area contributed by atoms with E-state index in [1.54, 1.807) is 0 Å². The van der Waals surface area contributed by atoms with Crippen molar-refractivity contribution in [1.82, 2.24) is 4.90 Å². The molecule has 1 saturated heterocycles. The van der Waals surface area contributed by atoms with Crippen LogP contribution in [0, 0.1) is 11.8 Å². The first-order chi connectivity index (χ1) is 10.1. The van der Waals surface area contributed by atoms with Crippen LogP contribution < -0.4 is 0 Å². The third kappa shape index (κ3) is 2.55. The van der Waals surface area contributed by atoms with Gasteiger partial charge < -0.3 is 5.11 Å². The summed E-state index contributed by atoms with van der Waals surface area (Å²) < 4.78 is 0. The predicted octanol–water partition coefficient (Wildman–Crippen LogP) is 4.14. The molecule has 3 aliphatic rings. The van der Waals surface area contributed by atoms with E-state index in [-0.39, 0.29) is 17.8 Å². The second kappa shape index (κ2) is 5.72. The number of likely N-dealkylation sites (tertiary alicyclic amines) is 1. The highest BCUT2D eigenvalue weighted by atomic mass is 35.5. The van der Waals surface area contributed by atoms with Crippen molar-refractivity contribution in [2.45, 2.75) is 57.4 Å². The van der Waals surface area contributed by atoms with E-state index >= 15 is 0 Å². The van der Waals surface area contributed by atoms with E-state index in [2.05, 4.69) is 24.8 Å². The van der Waals surface area contributed by atoms with Crippen molar-refractivity contribution < 1.29 is 5.11 Å². The Morgan fingerprint density at radius 2 is 2.09 bits per heavy atom. The number of hydrogen-bond acceptors (Lipinski definition) is 2. The van der Waals surface area contributed by atoms with Gasteiger partial charge in [-0.15, -0.1) is 12.4 Å². The van der Waals surface area contributed by atoms with Crippen molar-refractivity contribution in [3.8, 4) is 5.75 Å². The summed E-state index contributed by atoms with van der Waals surface area (Å²) in [5.74, 6) is 2.08. The zero-order valence-electron chi connectivity index (χ0n) is 13.7. The van der Waals surface area contributed by atoms with Gasteiger partial charge in [0.2, 0.25) is 0 Å². The Kier molecular flexibility index (Phi) is 4.20. The van der Waals surface area contributed by atoms with E-state index in [9.17, 15) is 5.11 Å². The molecule has 22 heavy (non-hydrogen) atoms. The Balaban J connectivity index is 0.00000144. The van der Waals surface area contributed by atoms with Crippen molar-refractivity contribution in [3.05, 3.63) is 29.3 Å². The average molecular weight is 322 g/mol. The molecule has 0 spiro atoms. The lowest BCUT2D eigenvalue weighted by molar-refractivity contribution is 0.115. The summed E-state index contributed by atoms with van der Waals surface area (Å²) >= 11 is 0. The van der Waals surface area contributed by atoms with Crippen molar-refractivity contribution >= 4 is 12.4 Å². The topological polar surface area (TPSA) is 23.5 Å². The minimum atomic E-state index is 0.